The number of sulfonamides is 1. The van der Waals surface area contributed by atoms with Gasteiger partial charge in [0.1, 0.15) is 0 Å². The molecule has 1 aromatic heterocycles. The minimum Gasteiger partial charge on any atom is -0.337 e. The Labute approximate surface area is 164 Å². The van der Waals surface area contributed by atoms with Gasteiger partial charge in [-0.05, 0) is 43.5 Å². The van der Waals surface area contributed by atoms with E-state index < -0.39 is 10.0 Å². The summed E-state index contributed by atoms with van der Waals surface area (Å²) in [5.41, 5.74) is 1.20. The molecule has 8 nitrogen and oxygen atoms in total. The first-order chi connectivity index (χ1) is 13.4. The van der Waals surface area contributed by atoms with Crippen molar-refractivity contribution in [2.45, 2.75) is 30.7 Å². The minimum absolute atomic E-state index is 0.0266. The van der Waals surface area contributed by atoms with Crippen LogP contribution in [-0.2, 0) is 10.0 Å². The lowest BCUT2D eigenvalue weighted by Gasteiger charge is -2.35. The predicted molar refractivity (Wildman–Crippen MR) is 105 cm³/mol. The molecule has 4 rings (SSSR count). The number of piperazine rings is 1. The summed E-state index contributed by atoms with van der Waals surface area (Å²) in [7, 11) is -3.59. The molecule has 0 radical (unpaired) electrons. The molecule has 2 fully saturated rings. The standard InChI is InChI=1S/C19H23N5O3S/c1-14-3-6-16(28(26,27)22-15-4-5-15)13-17(14)18(25)23-9-11-24(12-10-23)19-20-7-2-8-21-19/h2-3,6-8,13,15,22H,4-5,9-12H2,1H3. The number of rotatable bonds is 5. The number of nitrogens with zero attached hydrogens (tertiary/aromatic N) is 4. The van der Waals surface area contributed by atoms with Gasteiger partial charge in [0, 0.05) is 50.2 Å². The Bertz CT molecular complexity index is 968. The second-order valence-electron chi connectivity index (χ2n) is 7.20. The Morgan fingerprint density at radius 1 is 1.11 bits per heavy atom. The maximum Gasteiger partial charge on any atom is 0.254 e. The lowest BCUT2D eigenvalue weighted by atomic mass is 10.1. The SMILES string of the molecule is Cc1ccc(S(=O)(=O)NC2CC2)cc1C(=O)N1CCN(c2ncccn2)CC1. The third-order valence-corrected chi connectivity index (χ3v) is 6.57. The molecule has 0 unspecified atom stereocenters. The van der Waals surface area contributed by atoms with Crippen molar-refractivity contribution in [2.75, 3.05) is 31.1 Å². The van der Waals surface area contributed by atoms with Crippen molar-refractivity contribution in [1.29, 1.82) is 0 Å². The van der Waals surface area contributed by atoms with E-state index in [4.69, 9.17) is 0 Å². The van der Waals surface area contributed by atoms with Gasteiger partial charge in [0.15, 0.2) is 0 Å². The van der Waals surface area contributed by atoms with Crippen LogP contribution in [0.25, 0.3) is 0 Å². The van der Waals surface area contributed by atoms with Gasteiger partial charge < -0.3 is 9.80 Å². The first-order valence-electron chi connectivity index (χ1n) is 9.38. The summed E-state index contributed by atoms with van der Waals surface area (Å²) in [4.78, 5) is 25.5. The maximum atomic E-state index is 13.0. The maximum absolute atomic E-state index is 13.0. The number of benzene rings is 1. The van der Waals surface area contributed by atoms with Crippen molar-refractivity contribution in [3.63, 3.8) is 0 Å². The van der Waals surface area contributed by atoms with Crippen LogP contribution in [-0.4, -0.2) is 61.4 Å². The van der Waals surface area contributed by atoms with Gasteiger partial charge >= 0.3 is 0 Å². The molecule has 2 aliphatic rings. The molecule has 0 atom stereocenters. The molecule has 0 bridgehead atoms. The van der Waals surface area contributed by atoms with Crippen LogP contribution in [0.2, 0.25) is 0 Å². The fourth-order valence-corrected chi connectivity index (χ4v) is 4.55. The zero-order valence-electron chi connectivity index (χ0n) is 15.7. The van der Waals surface area contributed by atoms with Crippen LogP contribution in [0.5, 0.6) is 0 Å². The Morgan fingerprint density at radius 2 is 1.79 bits per heavy atom. The fraction of sp³-hybridized carbons (Fsp3) is 0.421. The van der Waals surface area contributed by atoms with Crippen LogP contribution >= 0.6 is 0 Å². The van der Waals surface area contributed by atoms with Crippen LogP contribution in [0.4, 0.5) is 5.95 Å². The quantitative estimate of drug-likeness (QED) is 0.809. The molecule has 1 N–H and O–H groups in total. The number of amides is 1. The average Bonchev–Trinajstić information content (AvgIpc) is 3.52. The summed E-state index contributed by atoms with van der Waals surface area (Å²) >= 11 is 0. The first-order valence-corrected chi connectivity index (χ1v) is 10.9. The third-order valence-electron chi connectivity index (χ3n) is 5.05. The van der Waals surface area contributed by atoms with E-state index in [0.29, 0.717) is 37.7 Å². The molecule has 1 saturated carbocycles. The van der Waals surface area contributed by atoms with Gasteiger partial charge in [-0.1, -0.05) is 6.07 Å². The number of hydrogen-bond donors (Lipinski definition) is 1. The summed E-state index contributed by atoms with van der Waals surface area (Å²) in [6.07, 6.45) is 5.13. The molecular formula is C19H23N5O3S. The van der Waals surface area contributed by atoms with Gasteiger partial charge in [-0.3, -0.25) is 4.79 Å². The minimum atomic E-state index is -3.59. The third kappa shape index (κ3) is 4.00. The van der Waals surface area contributed by atoms with Gasteiger partial charge in [-0.25, -0.2) is 23.1 Å². The number of carbonyl (C=O) groups is 1. The van der Waals surface area contributed by atoms with E-state index in [-0.39, 0.29) is 16.8 Å². The van der Waals surface area contributed by atoms with Crippen LogP contribution in [0, 0.1) is 6.92 Å². The highest BCUT2D eigenvalue weighted by Gasteiger charge is 2.29. The highest BCUT2D eigenvalue weighted by atomic mass is 32.2. The second kappa shape index (κ2) is 7.48. The van der Waals surface area contributed by atoms with Crippen LogP contribution in [0.1, 0.15) is 28.8 Å². The highest BCUT2D eigenvalue weighted by Crippen LogP contribution is 2.24. The number of carbonyl (C=O) groups excluding carboxylic acids is 1. The van der Waals surface area contributed by atoms with Gasteiger partial charge in [-0.2, -0.15) is 0 Å². The van der Waals surface area contributed by atoms with E-state index in [0.717, 1.165) is 18.4 Å². The van der Waals surface area contributed by atoms with Crippen LogP contribution in [0.3, 0.4) is 0 Å². The van der Waals surface area contributed by atoms with E-state index in [9.17, 15) is 13.2 Å². The smallest absolute Gasteiger partial charge is 0.254 e. The van der Waals surface area contributed by atoms with E-state index in [2.05, 4.69) is 14.7 Å². The van der Waals surface area contributed by atoms with Gasteiger partial charge in [0.2, 0.25) is 16.0 Å². The van der Waals surface area contributed by atoms with Crippen molar-refractivity contribution >= 4 is 21.9 Å². The molecule has 2 heterocycles. The van der Waals surface area contributed by atoms with E-state index >= 15 is 0 Å². The topological polar surface area (TPSA) is 95.5 Å². The normalized spacial score (nSPS) is 17.6. The average molecular weight is 401 g/mol. The first kappa shape index (κ1) is 18.8. The van der Waals surface area contributed by atoms with Crippen molar-refractivity contribution in [1.82, 2.24) is 19.6 Å². The van der Waals surface area contributed by atoms with Gasteiger partial charge in [0.25, 0.3) is 5.91 Å². The number of aromatic nitrogens is 2. The lowest BCUT2D eigenvalue weighted by molar-refractivity contribution is 0.0745. The summed E-state index contributed by atoms with van der Waals surface area (Å²) < 4.78 is 27.6. The van der Waals surface area contributed by atoms with Crippen molar-refractivity contribution in [3.8, 4) is 0 Å². The molecule has 2 aromatic rings. The molecule has 0 spiro atoms. The molecule has 1 amide bonds. The lowest BCUT2D eigenvalue weighted by Crippen LogP contribution is -2.49. The molecule has 9 heteroatoms. The Morgan fingerprint density at radius 3 is 2.43 bits per heavy atom. The molecule has 1 aromatic carbocycles. The van der Waals surface area contributed by atoms with Gasteiger partial charge in [-0.15, -0.1) is 0 Å². The van der Waals surface area contributed by atoms with E-state index in [1.54, 1.807) is 35.5 Å². The Balaban J connectivity index is 1.48. The number of hydrogen-bond acceptors (Lipinski definition) is 6. The van der Waals surface area contributed by atoms with E-state index in [1.165, 1.54) is 6.07 Å². The largest absolute Gasteiger partial charge is 0.337 e. The van der Waals surface area contributed by atoms with Crippen LogP contribution < -0.4 is 9.62 Å². The van der Waals surface area contributed by atoms with Crippen molar-refractivity contribution < 1.29 is 13.2 Å². The number of anilines is 1. The summed E-state index contributed by atoms with van der Waals surface area (Å²) in [6, 6.07) is 6.54. The number of aryl methyl sites for hydroxylation is 1. The Kier molecular flexibility index (Phi) is 5.03. The molecule has 1 saturated heterocycles. The van der Waals surface area contributed by atoms with Crippen molar-refractivity contribution in [2.24, 2.45) is 0 Å². The highest BCUT2D eigenvalue weighted by molar-refractivity contribution is 7.89. The Hall–Kier alpha value is -2.52. The second-order valence-corrected chi connectivity index (χ2v) is 8.91. The number of nitrogens with one attached hydrogen (secondary N) is 1. The molecule has 148 valence electrons. The summed E-state index contributed by atoms with van der Waals surface area (Å²) in [6.45, 7) is 4.17. The molecule has 28 heavy (non-hydrogen) atoms. The van der Waals surface area contributed by atoms with Crippen LogP contribution in [0.15, 0.2) is 41.6 Å². The van der Waals surface area contributed by atoms with Crippen molar-refractivity contribution in [3.05, 3.63) is 47.8 Å². The molecule has 1 aliphatic carbocycles. The summed E-state index contributed by atoms with van der Waals surface area (Å²) in [5, 5.41) is 0. The molecular weight excluding hydrogens is 378 g/mol. The monoisotopic (exact) mass is 401 g/mol. The van der Waals surface area contributed by atoms with E-state index in [1.807, 2.05) is 11.8 Å². The fourth-order valence-electron chi connectivity index (χ4n) is 3.22. The summed E-state index contributed by atoms with van der Waals surface area (Å²) in [5.74, 6) is 0.514. The zero-order valence-corrected chi connectivity index (χ0v) is 16.5. The predicted octanol–water partition coefficient (Wildman–Crippen LogP) is 1.19. The zero-order chi connectivity index (χ0) is 19.7. The molecule has 1 aliphatic heterocycles. The van der Waals surface area contributed by atoms with Gasteiger partial charge in [0.05, 0.1) is 4.90 Å².